The fraction of sp³-hybridized carbons (Fsp3) is 0.588. The third-order valence-corrected chi connectivity index (χ3v) is 5.05. The molecular weight excluding hydrogens is 267 g/mol. The van der Waals surface area contributed by atoms with Crippen molar-refractivity contribution in [3.63, 3.8) is 0 Å². The predicted molar refractivity (Wildman–Crippen MR) is 80.1 cm³/mol. The van der Waals surface area contributed by atoms with Crippen LogP contribution in [0.4, 0.5) is 4.39 Å². The summed E-state index contributed by atoms with van der Waals surface area (Å²) in [6.45, 7) is 2.12. The summed E-state index contributed by atoms with van der Waals surface area (Å²) in [6.07, 6.45) is 4.21. The SMILES string of the molecule is CC1CCc2c(F)cccc2C1NC(=O)C1CCC(N)C1. The van der Waals surface area contributed by atoms with Gasteiger partial charge in [0.25, 0.3) is 0 Å². The molecule has 4 heteroatoms. The number of carbonyl (C=O) groups is 1. The Morgan fingerprint density at radius 3 is 2.86 bits per heavy atom. The van der Waals surface area contributed by atoms with E-state index in [1.807, 2.05) is 6.07 Å². The van der Waals surface area contributed by atoms with E-state index in [1.54, 1.807) is 6.07 Å². The monoisotopic (exact) mass is 290 g/mol. The molecule has 0 aliphatic heterocycles. The second-order valence-electron chi connectivity index (χ2n) is 6.58. The molecule has 1 amide bonds. The molecule has 114 valence electrons. The van der Waals surface area contributed by atoms with Crippen molar-refractivity contribution in [1.82, 2.24) is 5.32 Å². The minimum Gasteiger partial charge on any atom is -0.349 e. The molecular formula is C17H23FN2O. The lowest BCUT2D eigenvalue weighted by Gasteiger charge is -2.33. The number of nitrogens with one attached hydrogen (secondary N) is 1. The highest BCUT2D eigenvalue weighted by atomic mass is 19.1. The molecule has 0 saturated heterocycles. The van der Waals surface area contributed by atoms with Crippen molar-refractivity contribution in [3.8, 4) is 0 Å². The van der Waals surface area contributed by atoms with Crippen LogP contribution in [0.2, 0.25) is 0 Å². The minimum atomic E-state index is -0.151. The van der Waals surface area contributed by atoms with E-state index in [9.17, 15) is 9.18 Å². The van der Waals surface area contributed by atoms with Gasteiger partial charge in [-0.05, 0) is 55.2 Å². The van der Waals surface area contributed by atoms with E-state index in [0.717, 1.165) is 43.2 Å². The molecule has 3 N–H and O–H groups in total. The zero-order valence-electron chi connectivity index (χ0n) is 12.4. The van der Waals surface area contributed by atoms with Crippen LogP contribution in [0.25, 0.3) is 0 Å². The average molecular weight is 290 g/mol. The highest BCUT2D eigenvalue weighted by Gasteiger charge is 2.33. The van der Waals surface area contributed by atoms with E-state index in [-0.39, 0.29) is 29.7 Å². The molecule has 0 bridgehead atoms. The largest absolute Gasteiger partial charge is 0.349 e. The summed E-state index contributed by atoms with van der Waals surface area (Å²) < 4.78 is 13.9. The number of fused-ring (bicyclic) bond motifs is 1. The average Bonchev–Trinajstić information content (AvgIpc) is 2.89. The topological polar surface area (TPSA) is 55.1 Å². The van der Waals surface area contributed by atoms with Crippen LogP contribution in [0, 0.1) is 17.7 Å². The van der Waals surface area contributed by atoms with Crippen LogP contribution in [0.3, 0.4) is 0 Å². The van der Waals surface area contributed by atoms with Crippen LogP contribution < -0.4 is 11.1 Å². The number of rotatable bonds is 2. The van der Waals surface area contributed by atoms with Crippen LogP contribution in [0.1, 0.15) is 49.8 Å². The predicted octanol–water partition coefficient (Wildman–Crippen LogP) is 2.69. The first-order chi connectivity index (χ1) is 10.1. The molecule has 21 heavy (non-hydrogen) atoms. The van der Waals surface area contributed by atoms with Gasteiger partial charge in [-0.3, -0.25) is 4.79 Å². The lowest BCUT2D eigenvalue weighted by atomic mass is 9.80. The van der Waals surface area contributed by atoms with Crippen LogP contribution >= 0.6 is 0 Å². The Labute approximate surface area is 125 Å². The Kier molecular flexibility index (Phi) is 3.98. The summed E-state index contributed by atoms with van der Waals surface area (Å²) in [5.41, 5.74) is 7.61. The minimum absolute atomic E-state index is 0.0196. The molecule has 4 atom stereocenters. The van der Waals surface area contributed by atoms with Gasteiger partial charge in [-0.1, -0.05) is 19.1 Å². The highest BCUT2D eigenvalue weighted by Crippen LogP contribution is 2.36. The summed E-state index contributed by atoms with van der Waals surface area (Å²) in [6, 6.07) is 5.25. The van der Waals surface area contributed by atoms with Gasteiger partial charge in [0.1, 0.15) is 5.82 Å². The number of amides is 1. The molecule has 2 aliphatic rings. The quantitative estimate of drug-likeness (QED) is 0.880. The van der Waals surface area contributed by atoms with Gasteiger partial charge in [0.2, 0.25) is 5.91 Å². The Balaban J connectivity index is 1.79. The summed E-state index contributed by atoms with van der Waals surface area (Å²) in [5.74, 6) is 0.280. The number of benzene rings is 1. The molecule has 0 heterocycles. The second kappa shape index (κ2) is 5.76. The van der Waals surface area contributed by atoms with Gasteiger partial charge in [-0.15, -0.1) is 0 Å². The smallest absolute Gasteiger partial charge is 0.223 e. The standard InChI is InChI=1S/C17H23FN2O/c1-10-5-8-13-14(3-2-4-15(13)18)16(10)20-17(21)11-6-7-12(19)9-11/h2-4,10-12,16H,5-9,19H2,1H3,(H,20,21). The zero-order chi connectivity index (χ0) is 15.0. The molecule has 3 nitrogen and oxygen atoms in total. The maximum atomic E-state index is 13.9. The lowest BCUT2D eigenvalue weighted by molar-refractivity contribution is -0.126. The fourth-order valence-electron chi connectivity index (χ4n) is 3.72. The van der Waals surface area contributed by atoms with Crippen molar-refractivity contribution >= 4 is 5.91 Å². The number of hydrogen-bond acceptors (Lipinski definition) is 2. The molecule has 3 rings (SSSR count). The number of carbonyl (C=O) groups excluding carboxylic acids is 1. The van der Waals surface area contributed by atoms with Crippen molar-refractivity contribution < 1.29 is 9.18 Å². The molecule has 1 aromatic carbocycles. The summed E-state index contributed by atoms with van der Waals surface area (Å²) in [7, 11) is 0. The van der Waals surface area contributed by atoms with Crippen molar-refractivity contribution in [1.29, 1.82) is 0 Å². The summed E-state index contributed by atoms with van der Waals surface area (Å²) in [5, 5.41) is 3.15. The van der Waals surface area contributed by atoms with Crippen LogP contribution in [-0.2, 0) is 11.2 Å². The van der Waals surface area contributed by atoms with Gasteiger partial charge in [-0.25, -0.2) is 4.39 Å². The molecule has 1 aromatic rings. The van der Waals surface area contributed by atoms with Gasteiger partial charge < -0.3 is 11.1 Å². The van der Waals surface area contributed by atoms with Crippen molar-refractivity contribution in [2.24, 2.45) is 17.6 Å². The Hall–Kier alpha value is -1.42. The first-order valence-corrected chi connectivity index (χ1v) is 7.89. The first-order valence-electron chi connectivity index (χ1n) is 7.89. The van der Waals surface area contributed by atoms with Crippen molar-refractivity contribution in [3.05, 3.63) is 35.1 Å². The number of hydrogen-bond donors (Lipinski definition) is 2. The molecule has 4 unspecified atom stereocenters. The van der Waals surface area contributed by atoms with Crippen LogP contribution in [0.5, 0.6) is 0 Å². The second-order valence-corrected chi connectivity index (χ2v) is 6.58. The molecule has 0 radical (unpaired) electrons. The maximum absolute atomic E-state index is 13.9. The molecule has 1 saturated carbocycles. The van der Waals surface area contributed by atoms with Gasteiger partial charge in [0.05, 0.1) is 6.04 Å². The normalized spacial score (nSPS) is 31.8. The number of nitrogens with two attached hydrogens (primary N) is 1. The van der Waals surface area contributed by atoms with Crippen LogP contribution in [-0.4, -0.2) is 11.9 Å². The molecule has 1 fully saturated rings. The fourth-order valence-corrected chi connectivity index (χ4v) is 3.72. The summed E-state index contributed by atoms with van der Waals surface area (Å²) in [4.78, 5) is 12.4. The van der Waals surface area contributed by atoms with E-state index in [2.05, 4.69) is 12.2 Å². The van der Waals surface area contributed by atoms with Gasteiger partial charge in [0.15, 0.2) is 0 Å². The zero-order valence-corrected chi connectivity index (χ0v) is 12.4. The molecule has 0 aromatic heterocycles. The lowest BCUT2D eigenvalue weighted by Crippen LogP contribution is -2.38. The molecule has 0 spiro atoms. The van der Waals surface area contributed by atoms with E-state index in [0.29, 0.717) is 5.92 Å². The van der Waals surface area contributed by atoms with E-state index < -0.39 is 0 Å². The highest BCUT2D eigenvalue weighted by molar-refractivity contribution is 5.79. The van der Waals surface area contributed by atoms with E-state index >= 15 is 0 Å². The Bertz CT molecular complexity index is 546. The maximum Gasteiger partial charge on any atom is 0.223 e. The third-order valence-electron chi connectivity index (χ3n) is 5.05. The van der Waals surface area contributed by atoms with Gasteiger partial charge >= 0.3 is 0 Å². The van der Waals surface area contributed by atoms with Crippen molar-refractivity contribution in [2.45, 2.75) is 51.1 Å². The van der Waals surface area contributed by atoms with Gasteiger partial charge in [-0.2, -0.15) is 0 Å². The first kappa shape index (κ1) is 14.5. The van der Waals surface area contributed by atoms with Gasteiger partial charge in [0, 0.05) is 12.0 Å². The van der Waals surface area contributed by atoms with E-state index in [4.69, 9.17) is 5.73 Å². The Morgan fingerprint density at radius 1 is 1.33 bits per heavy atom. The van der Waals surface area contributed by atoms with Crippen molar-refractivity contribution in [2.75, 3.05) is 0 Å². The van der Waals surface area contributed by atoms with Crippen LogP contribution in [0.15, 0.2) is 18.2 Å². The summed E-state index contributed by atoms with van der Waals surface area (Å²) >= 11 is 0. The third kappa shape index (κ3) is 2.82. The molecule has 2 aliphatic carbocycles. The Morgan fingerprint density at radius 2 is 2.14 bits per heavy atom. The van der Waals surface area contributed by atoms with E-state index in [1.165, 1.54) is 6.07 Å². The number of halogens is 1.